The third-order valence-corrected chi connectivity index (χ3v) is 5.66. The highest BCUT2D eigenvalue weighted by atomic mass is 32.1. The summed E-state index contributed by atoms with van der Waals surface area (Å²) in [6.07, 6.45) is 3.83. The van der Waals surface area contributed by atoms with Gasteiger partial charge in [0.1, 0.15) is 0 Å². The van der Waals surface area contributed by atoms with Gasteiger partial charge in [0.2, 0.25) is 5.91 Å². The van der Waals surface area contributed by atoms with Gasteiger partial charge in [0.25, 0.3) is 0 Å². The molecule has 0 unspecified atom stereocenters. The molecule has 0 spiro atoms. The molecule has 0 radical (unpaired) electrons. The molecule has 1 N–H and O–H groups in total. The zero-order chi connectivity index (χ0) is 17.6. The first-order valence-electron chi connectivity index (χ1n) is 8.97. The first-order chi connectivity index (χ1) is 12.2. The number of thiophene rings is 1. The minimum absolute atomic E-state index is 0.0930. The average Bonchev–Trinajstić information content (AvgIpc) is 3.14. The van der Waals surface area contributed by atoms with Crippen LogP contribution < -0.4 is 5.32 Å². The molecule has 0 saturated heterocycles. The first-order valence-corrected chi connectivity index (χ1v) is 9.85. The van der Waals surface area contributed by atoms with E-state index in [9.17, 15) is 4.79 Å². The van der Waals surface area contributed by atoms with Gasteiger partial charge in [-0.1, -0.05) is 48.9 Å². The molecule has 0 fully saturated rings. The zero-order valence-corrected chi connectivity index (χ0v) is 15.8. The summed E-state index contributed by atoms with van der Waals surface area (Å²) in [6, 6.07) is 12.9. The van der Waals surface area contributed by atoms with E-state index in [2.05, 4.69) is 65.9 Å². The molecule has 3 rings (SSSR count). The van der Waals surface area contributed by atoms with Gasteiger partial charge in [-0.05, 0) is 36.8 Å². The van der Waals surface area contributed by atoms with Crippen molar-refractivity contribution >= 4 is 17.2 Å². The van der Waals surface area contributed by atoms with Crippen molar-refractivity contribution < 1.29 is 4.79 Å². The number of hydrogen-bond acceptors (Lipinski definition) is 3. The van der Waals surface area contributed by atoms with E-state index in [0.717, 1.165) is 38.0 Å². The number of rotatable bonds is 6. The molecule has 1 atom stereocenters. The highest BCUT2D eigenvalue weighted by Crippen LogP contribution is 2.23. The number of nitrogens with one attached hydrogen (secondary N) is 1. The summed E-state index contributed by atoms with van der Waals surface area (Å²) in [5.41, 5.74) is 3.56. The monoisotopic (exact) mass is 354 g/mol. The van der Waals surface area contributed by atoms with E-state index in [-0.39, 0.29) is 11.9 Å². The minimum atomic E-state index is 0.0930. The largest absolute Gasteiger partial charge is 0.345 e. The van der Waals surface area contributed by atoms with Crippen LogP contribution >= 0.6 is 11.3 Å². The Morgan fingerprint density at radius 3 is 2.84 bits per heavy atom. The van der Waals surface area contributed by atoms with Crippen LogP contribution in [0, 0.1) is 6.92 Å². The van der Waals surface area contributed by atoms with E-state index in [1.165, 1.54) is 16.0 Å². The Morgan fingerprint density at radius 2 is 2.20 bits per heavy atom. The van der Waals surface area contributed by atoms with Crippen molar-refractivity contribution in [2.75, 3.05) is 13.1 Å². The smallest absolute Gasteiger partial charge is 0.247 e. The third-order valence-electron chi connectivity index (χ3n) is 4.67. The van der Waals surface area contributed by atoms with Gasteiger partial charge in [-0.3, -0.25) is 9.69 Å². The summed E-state index contributed by atoms with van der Waals surface area (Å²) in [5, 5.41) is 5.26. The number of aryl methyl sites for hydroxylation is 1. The quantitative estimate of drug-likeness (QED) is 0.831. The molecule has 0 aliphatic carbocycles. The SMILES string of the molecule is CC[C@H](NC(=O)C1=CCN(Cc2cccc(C)c2)CC1)c1cccs1. The summed E-state index contributed by atoms with van der Waals surface area (Å²) in [6.45, 7) is 6.96. The Kier molecular flexibility index (Phi) is 6.05. The van der Waals surface area contributed by atoms with Crippen LogP contribution in [0.1, 0.15) is 41.8 Å². The normalized spacial score (nSPS) is 16.3. The lowest BCUT2D eigenvalue weighted by atomic mass is 10.0. The topological polar surface area (TPSA) is 32.3 Å². The number of hydrogen-bond donors (Lipinski definition) is 1. The maximum Gasteiger partial charge on any atom is 0.247 e. The highest BCUT2D eigenvalue weighted by molar-refractivity contribution is 7.10. The van der Waals surface area contributed by atoms with Crippen molar-refractivity contribution in [3.8, 4) is 0 Å². The second-order valence-electron chi connectivity index (χ2n) is 6.65. The number of carbonyl (C=O) groups excluding carboxylic acids is 1. The van der Waals surface area contributed by atoms with Crippen molar-refractivity contribution in [1.82, 2.24) is 10.2 Å². The van der Waals surface area contributed by atoms with Crippen LogP contribution in [-0.4, -0.2) is 23.9 Å². The van der Waals surface area contributed by atoms with Crippen LogP contribution in [0.5, 0.6) is 0 Å². The van der Waals surface area contributed by atoms with Crippen LogP contribution in [0.25, 0.3) is 0 Å². The molecule has 3 nitrogen and oxygen atoms in total. The second-order valence-corrected chi connectivity index (χ2v) is 7.63. The van der Waals surface area contributed by atoms with Crippen LogP contribution in [0.2, 0.25) is 0 Å². The summed E-state index contributed by atoms with van der Waals surface area (Å²) in [4.78, 5) is 16.2. The molecule has 132 valence electrons. The van der Waals surface area contributed by atoms with Crippen molar-refractivity contribution in [2.45, 2.75) is 39.3 Å². The fourth-order valence-corrected chi connectivity index (χ4v) is 4.11. The van der Waals surface area contributed by atoms with Gasteiger partial charge in [0.05, 0.1) is 6.04 Å². The molecule has 4 heteroatoms. The maximum absolute atomic E-state index is 12.6. The van der Waals surface area contributed by atoms with E-state index >= 15 is 0 Å². The highest BCUT2D eigenvalue weighted by Gasteiger charge is 2.20. The molecule has 1 amide bonds. The van der Waals surface area contributed by atoms with Crippen molar-refractivity contribution in [1.29, 1.82) is 0 Å². The predicted molar refractivity (Wildman–Crippen MR) is 105 cm³/mol. The Balaban J connectivity index is 1.56. The van der Waals surface area contributed by atoms with Crippen molar-refractivity contribution in [2.24, 2.45) is 0 Å². The summed E-state index contributed by atoms with van der Waals surface area (Å²) >= 11 is 1.70. The lowest BCUT2D eigenvalue weighted by Crippen LogP contribution is -2.34. The molecular weight excluding hydrogens is 328 g/mol. The predicted octanol–water partition coefficient (Wildman–Crippen LogP) is 4.46. The van der Waals surface area contributed by atoms with Gasteiger partial charge >= 0.3 is 0 Å². The van der Waals surface area contributed by atoms with E-state index in [0.29, 0.717) is 0 Å². The van der Waals surface area contributed by atoms with Gasteiger partial charge in [-0.2, -0.15) is 0 Å². The maximum atomic E-state index is 12.6. The number of carbonyl (C=O) groups is 1. The van der Waals surface area contributed by atoms with E-state index in [1.807, 2.05) is 6.07 Å². The third kappa shape index (κ3) is 4.80. The fraction of sp³-hybridized carbons (Fsp3) is 0.381. The van der Waals surface area contributed by atoms with Gasteiger partial charge < -0.3 is 5.32 Å². The molecule has 0 saturated carbocycles. The Morgan fingerprint density at radius 1 is 1.32 bits per heavy atom. The molecule has 1 aromatic carbocycles. The standard InChI is InChI=1S/C21H26N2OS/c1-3-19(20-8-5-13-25-20)22-21(24)18-9-11-23(12-10-18)15-17-7-4-6-16(2)14-17/h4-9,13-14,19H,3,10-12,15H2,1-2H3,(H,22,24)/t19-/m0/s1. The lowest BCUT2D eigenvalue weighted by molar-refractivity contribution is -0.118. The second kappa shape index (κ2) is 8.45. The van der Waals surface area contributed by atoms with Gasteiger partial charge in [0, 0.05) is 30.1 Å². The fourth-order valence-electron chi connectivity index (χ4n) is 3.24. The molecule has 25 heavy (non-hydrogen) atoms. The number of benzene rings is 1. The van der Waals surface area contributed by atoms with Gasteiger partial charge in [0.15, 0.2) is 0 Å². The molecule has 2 heterocycles. The van der Waals surface area contributed by atoms with E-state index < -0.39 is 0 Å². The molecule has 1 aliphatic rings. The van der Waals surface area contributed by atoms with Crippen molar-refractivity contribution in [3.63, 3.8) is 0 Å². The summed E-state index contributed by atoms with van der Waals surface area (Å²) in [7, 11) is 0. The van der Waals surface area contributed by atoms with E-state index in [1.54, 1.807) is 11.3 Å². The van der Waals surface area contributed by atoms with Crippen LogP contribution in [0.15, 0.2) is 53.4 Å². The molecule has 2 aromatic rings. The average molecular weight is 355 g/mol. The summed E-state index contributed by atoms with van der Waals surface area (Å²) < 4.78 is 0. The summed E-state index contributed by atoms with van der Waals surface area (Å²) in [5.74, 6) is 0.0930. The van der Waals surface area contributed by atoms with Crippen molar-refractivity contribution in [3.05, 3.63) is 69.4 Å². The Hall–Kier alpha value is -1.91. The zero-order valence-electron chi connectivity index (χ0n) is 15.0. The van der Waals surface area contributed by atoms with Gasteiger partial charge in [-0.25, -0.2) is 0 Å². The number of nitrogens with zero attached hydrogens (tertiary/aromatic N) is 1. The first kappa shape index (κ1) is 17.9. The Bertz CT molecular complexity index is 736. The molecule has 1 aliphatic heterocycles. The Labute approximate surface area is 154 Å². The molecule has 1 aromatic heterocycles. The lowest BCUT2D eigenvalue weighted by Gasteiger charge is -2.27. The molecule has 0 bridgehead atoms. The van der Waals surface area contributed by atoms with Crippen LogP contribution in [0.4, 0.5) is 0 Å². The minimum Gasteiger partial charge on any atom is -0.345 e. The van der Waals surface area contributed by atoms with Crippen LogP contribution in [-0.2, 0) is 11.3 Å². The van der Waals surface area contributed by atoms with Crippen LogP contribution in [0.3, 0.4) is 0 Å². The van der Waals surface area contributed by atoms with Gasteiger partial charge in [-0.15, -0.1) is 11.3 Å². The van der Waals surface area contributed by atoms with E-state index in [4.69, 9.17) is 0 Å². The number of amides is 1. The molecular formula is C21H26N2OS.